The Morgan fingerprint density at radius 1 is 1.37 bits per heavy atom. The molecular weight excluding hydrogens is 264 g/mol. The summed E-state index contributed by atoms with van der Waals surface area (Å²) in [7, 11) is 3.33. The summed E-state index contributed by atoms with van der Waals surface area (Å²) in [4.78, 5) is 14.7. The average Bonchev–Trinajstić information content (AvgIpc) is 2.41. The molecule has 19 heavy (non-hydrogen) atoms. The van der Waals surface area contributed by atoms with Crippen LogP contribution in [0.15, 0.2) is 30.3 Å². The summed E-state index contributed by atoms with van der Waals surface area (Å²) < 4.78 is 1.61. The van der Waals surface area contributed by atoms with Gasteiger partial charge in [0.2, 0.25) is 4.64 Å². The second kappa shape index (κ2) is 5.15. The van der Waals surface area contributed by atoms with Crippen molar-refractivity contribution in [3.8, 4) is 11.4 Å². The second-order valence-electron chi connectivity index (χ2n) is 3.87. The van der Waals surface area contributed by atoms with Crippen molar-refractivity contribution < 1.29 is 4.92 Å². The molecule has 0 atom stereocenters. The van der Waals surface area contributed by atoms with Crippen molar-refractivity contribution in [2.45, 2.75) is 0 Å². The van der Waals surface area contributed by atoms with Crippen LogP contribution in [0.3, 0.4) is 0 Å². The van der Waals surface area contributed by atoms with Crippen molar-refractivity contribution in [1.82, 2.24) is 9.55 Å². The first-order chi connectivity index (χ1) is 9.06. The molecule has 98 valence electrons. The highest BCUT2D eigenvalue weighted by Gasteiger charge is 2.21. The molecule has 0 radical (unpaired) electrons. The summed E-state index contributed by atoms with van der Waals surface area (Å²) in [6.07, 6.45) is 0. The van der Waals surface area contributed by atoms with Crippen LogP contribution < -0.4 is 5.32 Å². The monoisotopic (exact) mass is 276 g/mol. The Hall–Kier alpha value is -2.28. The molecule has 2 aromatic rings. The van der Waals surface area contributed by atoms with Gasteiger partial charge in [-0.05, 0) is 0 Å². The smallest absolute Gasteiger partial charge is 0.345 e. The van der Waals surface area contributed by atoms with Crippen LogP contribution in [0.25, 0.3) is 11.4 Å². The lowest BCUT2D eigenvalue weighted by Crippen LogP contribution is -2.10. The minimum absolute atomic E-state index is 0.0219. The van der Waals surface area contributed by atoms with Crippen molar-refractivity contribution in [3.63, 3.8) is 0 Å². The van der Waals surface area contributed by atoms with Crippen molar-refractivity contribution in [2.24, 2.45) is 7.05 Å². The van der Waals surface area contributed by atoms with Crippen molar-refractivity contribution in [1.29, 1.82) is 0 Å². The average molecular weight is 276 g/mol. The molecule has 2 rings (SSSR count). The third-order valence-electron chi connectivity index (χ3n) is 2.74. The zero-order chi connectivity index (χ0) is 14.0. The van der Waals surface area contributed by atoms with Crippen LogP contribution in [-0.2, 0) is 7.05 Å². The van der Waals surface area contributed by atoms with E-state index in [-0.39, 0.29) is 10.3 Å². The topological polar surface area (TPSA) is 73.0 Å². The molecule has 0 aliphatic heterocycles. The van der Waals surface area contributed by atoms with Crippen LogP contribution in [0, 0.1) is 14.8 Å². The van der Waals surface area contributed by atoms with Gasteiger partial charge in [-0.15, -0.1) is 0 Å². The number of nitro groups is 1. The van der Waals surface area contributed by atoms with E-state index in [4.69, 9.17) is 12.2 Å². The Morgan fingerprint density at radius 2 is 2.00 bits per heavy atom. The predicted octanol–water partition coefficient (Wildman–Crippen LogP) is 2.77. The molecule has 1 aromatic heterocycles. The fourth-order valence-corrected chi connectivity index (χ4v) is 2.14. The third kappa shape index (κ3) is 2.32. The molecule has 1 heterocycles. The van der Waals surface area contributed by atoms with Gasteiger partial charge < -0.3 is 9.88 Å². The minimum atomic E-state index is -0.518. The fraction of sp³-hybridized carbons (Fsp3) is 0.167. The van der Waals surface area contributed by atoms with Crippen molar-refractivity contribution in [2.75, 3.05) is 12.4 Å². The number of hydrogen-bond acceptors (Lipinski definition) is 5. The third-order valence-corrected chi connectivity index (χ3v) is 3.02. The Labute approximate surface area is 114 Å². The van der Waals surface area contributed by atoms with Gasteiger partial charge in [-0.2, -0.15) is 0 Å². The van der Waals surface area contributed by atoms with E-state index in [9.17, 15) is 10.1 Å². The van der Waals surface area contributed by atoms with E-state index >= 15 is 0 Å². The molecule has 0 fully saturated rings. The lowest BCUT2D eigenvalue weighted by Gasteiger charge is -2.13. The van der Waals surface area contributed by atoms with Gasteiger partial charge in [-0.25, -0.2) is 4.98 Å². The maximum atomic E-state index is 11.0. The van der Waals surface area contributed by atoms with Crippen LogP contribution in [0.5, 0.6) is 0 Å². The van der Waals surface area contributed by atoms with Crippen LogP contribution in [0.2, 0.25) is 0 Å². The number of nitrogens with zero attached hydrogens (tertiary/aromatic N) is 3. The van der Waals surface area contributed by atoms with Crippen molar-refractivity contribution >= 4 is 23.7 Å². The Kier molecular flexibility index (Phi) is 3.57. The number of aromatic nitrogens is 2. The number of benzene rings is 1. The first kappa shape index (κ1) is 13.2. The lowest BCUT2D eigenvalue weighted by molar-refractivity contribution is -0.385. The van der Waals surface area contributed by atoms with E-state index in [0.29, 0.717) is 11.6 Å². The number of hydrogen-bond donors (Lipinski definition) is 1. The summed E-state index contributed by atoms with van der Waals surface area (Å²) in [5.41, 5.74) is 0.669. The molecule has 1 N–H and O–H groups in total. The van der Waals surface area contributed by atoms with E-state index < -0.39 is 4.92 Å². The maximum absolute atomic E-state index is 11.0. The zero-order valence-corrected chi connectivity index (χ0v) is 11.3. The van der Waals surface area contributed by atoms with E-state index in [1.54, 1.807) is 18.7 Å². The number of rotatable bonds is 3. The Balaban J connectivity index is 2.77. The molecule has 0 saturated carbocycles. The first-order valence-corrected chi connectivity index (χ1v) is 5.95. The van der Waals surface area contributed by atoms with E-state index in [1.165, 1.54) is 0 Å². The Morgan fingerprint density at radius 3 is 2.53 bits per heavy atom. The summed E-state index contributed by atoms with van der Waals surface area (Å²) in [6.45, 7) is 0. The van der Waals surface area contributed by atoms with Gasteiger partial charge in [0.05, 0.1) is 4.92 Å². The number of nitrogens with one attached hydrogen (secondary N) is 1. The fourth-order valence-electron chi connectivity index (χ4n) is 1.89. The maximum Gasteiger partial charge on any atom is 0.345 e. The molecule has 0 aliphatic carbocycles. The van der Waals surface area contributed by atoms with E-state index in [1.807, 2.05) is 30.3 Å². The van der Waals surface area contributed by atoms with Crippen molar-refractivity contribution in [3.05, 3.63) is 45.1 Å². The largest absolute Gasteiger partial charge is 0.369 e. The van der Waals surface area contributed by atoms with Crippen LogP contribution >= 0.6 is 12.2 Å². The summed E-state index contributed by atoms with van der Waals surface area (Å²) in [6, 6.07) is 9.40. The standard InChI is InChI=1S/C12H12N4O2S/c1-13-11-9(16(17)18)12(19)14-10(15(11)2)8-6-4-3-5-7-8/h3-7,13H,1-2H3. The molecule has 0 bridgehead atoms. The molecule has 0 amide bonds. The molecule has 0 aliphatic rings. The lowest BCUT2D eigenvalue weighted by atomic mass is 10.2. The Bertz CT molecular complexity index is 682. The molecule has 1 aromatic carbocycles. The molecule has 0 spiro atoms. The van der Waals surface area contributed by atoms with E-state index in [0.717, 1.165) is 5.56 Å². The molecule has 0 saturated heterocycles. The van der Waals surface area contributed by atoms with Gasteiger partial charge in [0, 0.05) is 19.7 Å². The molecule has 7 heteroatoms. The van der Waals surface area contributed by atoms with Gasteiger partial charge in [-0.3, -0.25) is 10.1 Å². The normalized spacial score (nSPS) is 10.2. The minimum Gasteiger partial charge on any atom is -0.369 e. The van der Waals surface area contributed by atoms with Gasteiger partial charge in [0.1, 0.15) is 5.82 Å². The van der Waals surface area contributed by atoms with Crippen LogP contribution in [-0.4, -0.2) is 21.5 Å². The highest BCUT2D eigenvalue weighted by atomic mass is 32.1. The summed E-state index contributed by atoms with van der Waals surface area (Å²) in [5.74, 6) is 0.921. The highest BCUT2D eigenvalue weighted by molar-refractivity contribution is 7.71. The second-order valence-corrected chi connectivity index (χ2v) is 4.26. The molecule has 0 unspecified atom stereocenters. The first-order valence-electron chi connectivity index (χ1n) is 5.55. The zero-order valence-electron chi connectivity index (χ0n) is 10.5. The summed E-state index contributed by atoms with van der Waals surface area (Å²) >= 11 is 5.02. The van der Waals surface area contributed by atoms with Gasteiger partial charge in [-0.1, -0.05) is 42.5 Å². The summed E-state index contributed by atoms with van der Waals surface area (Å²) in [5, 5.41) is 13.9. The number of anilines is 1. The molecule has 6 nitrogen and oxygen atoms in total. The van der Waals surface area contributed by atoms with Gasteiger partial charge in [0.15, 0.2) is 5.82 Å². The molecular formula is C12H12N4O2S. The van der Waals surface area contributed by atoms with Gasteiger partial charge in [0.25, 0.3) is 0 Å². The predicted molar refractivity (Wildman–Crippen MR) is 75.7 cm³/mol. The van der Waals surface area contributed by atoms with Crippen LogP contribution in [0.1, 0.15) is 0 Å². The van der Waals surface area contributed by atoms with E-state index in [2.05, 4.69) is 10.3 Å². The SMILES string of the molecule is CNc1c([N+](=O)[O-])c(=S)nc(-c2ccccc2)n1C. The van der Waals surface area contributed by atoms with Crippen LogP contribution in [0.4, 0.5) is 11.5 Å². The van der Waals surface area contributed by atoms with Gasteiger partial charge >= 0.3 is 5.69 Å². The quantitative estimate of drug-likeness (QED) is 0.530. The highest BCUT2D eigenvalue weighted by Crippen LogP contribution is 2.28.